The quantitative estimate of drug-likeness (QED) is 0.897. The van der Waals surface area contributed by atoms with E-state index in [4.69, 9.17) is 5.26 Å². The number of hydrogen-bond acceptors (Lipinski definition) is 3. The van der Waals surface area contributed by atoms with Crippen molar-refractivity contribution in [2.45, 2.75) is 25.5 Å². The predicted molar refractivity (Wildman–Crippen MR) is 63.4 cm³/mol. The van der Waals surface area contributed by atoms with Crippen LogP contribution in [0.25, 0.3) is 0 Å². The van der Waals surface area contributed by atoms with E-state index < -0.39 is 21.1 Å². The summed E-state index contributed by atoms with van der Waals surface area (Å²) in [7, 11) is -3.74. The number of hydrogen-bond donors (Lipinski definition) is 1. The Labute approximate surface area is 100 Å². The van der Waals surface area contributed by atoms with Crippen LogP contribution in [0.1, 0.15) is 18.9 Å². The van der Waals surface area contributed by atoms with Gasteiger partial charge >= 0.3 is 0 Å². The van der Waals surface area contributed by atoms with Crippen LogP contribution in [0.5, 0.6) is 0 Å². The first-order valence-corrected chi connectivity index (χ1v) is 6.62. The van der Waals surface area contributed by atoms with Gasteiger partial charge in [-0.15, -0.1) is 0 Å². The van der Waals surface area contributed by atoms with Crippen LogP contribution in [-0.4, -0.2) is 13.7 Å². The third kappa shape index (κ3) is 3.17. The van der Waals surface area contributed by atoms with Crippen molar-refractivity contribution in [3.8, 4) is 6.07 Å². The van der Waals surface area contributed by atoms with E-state index in [9.17, 15) is 12.8 Å². The molecule has 17 heavy (non-hydrogen) atoms. The first-order chi connectivity index (χ1) is 7.90. The molecule has 1 unspecified atom stereocenters. The Hall–Kier alpha value is -1.61. The molecule has 0 bridgehead atoms. The molecule has 0 aliphatic carbocycles. The number of sulfonamides is 1. The molecule has 0 aromatic heterocycles. The Bertz CT molecular complexity index is 549. The number of nitriles is 1. The number of benzene rings is 1. The average Bonchev–Trinajstić information content (AvgIpc) is 2.23. The van der Waals surface area contributed by atoms with Gasteiger partial charge in [-0.05, 0) is 37.1 Å². The Morgan fingerprint density at radius 2 is 2.18 bits per heavy atom. The Morgan fingerprint density at radius 1 is 1.53 bits per heavy atom. The van der Waals surface area contributed by atoms with Crippen LogP contribution in [0.2, 0.25) is 0 Å². The molecule has 0 saturated heterocycles. The van der Waals surface area contributed by atoms with Crippen molar-refractivity contribution < 1.29 is 12.8 Å². The van der Waals surface area contributed by atoms with Gasteiger partial charge in [0.15, 0.2) is 5.25 Å². The highest BCUT2D eigenvalue weighted by molar-refractivity contribution is 7.93. The standard InChI is InChI=1S/C11H13FN2O2S/c1-3-10(7-13)17(15,16)14-11-5-4-9(12)6-8(11)2/h4-6,10,14H,3H2,1-2H3. The maximum atomic E-state index is 12.8. The predicted octanol–water partition coefficient (Wildman–Crippen LogP) is 2.18. The SMILES string of the molecule is CCC(C#N)S(=O)(=O)Nc1ccc(F)cc1C. The smallest absolute Gasteiger partial charge is 0.249 e. The molecule has 6 heteroatoms. The number of nitrogens with zero attached hydrogens (tertiary/aromatic N) is 1. The summed E-state index contributed by atoms with van der Waals surface area (Å²) < 4.78 is 38.7. The molecule has 0 radical (unpaired) electrons. The number of aryl methyl sites for hydroxylation is 1. The highest BCUT2D eigenvalue weighted by Gasteiger charge is 2.23. The van der Waals surface area contributed by atoms with E-state index in [1.807, 2.05) is 0 Å². The van der Waals surface area contributed by atoms with Crippen LogP contribution in [0, 0.1) is 24.1 Å². The number of halogens is 1. The average molecular weight is 256 g/mol. The monoisotopic (exact) mass is 256 g/mol. The zero-order valence-electron chi connectivity index (χ0n) is 9.57. The van der Waals surface area contributed by atoms with Gasteiger partial charge in [0.1, 0.15) is 5.82 Å². The maximum Gasteiger partial charge on any atom is 0.249 e. The van der Waals surface area contributed by atoms with Gasteiger partial charge in [-0.2, -0.15) is 5.26 Å². The normalized spacial score (nSPS) is 12.8. The summed E-state index contributed by atoms with van der Waals surface area (Å²) in [6.45, 7) is 3.21. The zero-order chi connectivity index (χ0) is 13.1. The molecule has 0 heterocycles. The van der Waals surface area contributed by atoms with Crippen molar-refractivity contribution in [2.75, 3.05) is 4.72 Å². The molecular formula is C11H13FN2O2S. The van der Waals surface area contributed by atoms with E-state index in [0.29, 0.717) is 11.3 Å². The van der Waals surface area contributed by atoms with Gasteiger partial charge in [-0.25, -0.2) is 12.8 Å². The second kappa shape index (κ2) is 5.15. The summed E-state index contributed by atoms with van der Waals surface area (Å²) in [5.41, 5.74) is 0.765. The molecule has 1 aromatic rings. The van der Waals surface area contributed by atoms with E-state index in [1.54, 1.807) is 19.9 Å². The van der Waals surface area contributed by atoms with Gasteiger partial charge in [0, 0.05) is 0 Å². The molecule has 4 nitrogen and oxygen atoms in total. The van der Waals surface area contributed by atoms with Crippen LogP contribution >= 0.6 is 0 Å². The van der Waals surface area contributed by atoms with Crippen LogP contribution < -0.4 is 4.72 Å². The van der Waals surface area contributed by atoms with Gasteiger partial charge < -0.3 is 0 Å². The molecule has 0 saturated carbocycles. The first-order valence-electron chi connectivity index (χ1n) is 5.08. The molecule has 1 N–H and O–H groups in total. The minimum Gasteiger partial charge on any atom is -0.282 e. The molecule has 0 aliphatic heterocycles. The first kappa shape index (κ1) is 13.5. The lowest BCUT2D eigenvalue weighted by Gasteiger charge is -2.13. The van der Waals surface area contributed by atoms with Crippen molar-refractivity contribution in [2.24, 2.45) is 0 Å². The van der Waals surface area contributed by atoms with Crippen molar-refractivity contribution >= 4 is 15.7 Å². The zero-order valence-corrected chi connectivity index (χ0v) is 10.4. The largest absolute Gasteiger partial charge is 0.282 e. The van der Waals surface area contributed by atoms with Crippen LogP contribution in [0.4, 0.5) is 10.1 Å². The number of rotatable bonds is 4. The molecule has 1 rings (SSSR count). The third-order valence-corrected chi connectivity index (χ3v) is 4.02. The summed E-state index contributed by atoms with van der Waals surface area (Å²) in [6, 6.07) is 5.45. The van der Waals surface area contributed by atoms with Crippen LogP contribution in [-0.2, 0) is 10.0 Å². The fraction of sp³-hybridized carbons (Fsp3) is 0.364. The molecule has 92 valence electrons. The van der Waals surface area contributed by atoms with Gasteiger partial charge in [0.2, 0.25) is 10.0 Å². The minimum absolute atomic E-state index is 0.200. The molecule has 0 spiro atoms. The number of anilines is 1. The highest BCUT2D eigenvalue weighted by Crippen LogP contribution is 2.19. The van der Waals surface area contributed by atoms with Crippen molar-refractivity contribution in [1.82, 2.24) is 0 Å². The fourth-order valence-corrected chi connectivity index (χ4v) is 2.60. The Balaban J connectivity index is 3.03. The molecule has 0 amide bonds. The summed E-state index contributed by atoms with van der Waals surface area (Å²) in [5.74, 6) is -0.433. The third-order valence-electron chi connectivity index (χ3n) is 2.33. The van der Waals surface area contributed by atoms with Gasteiger partial charge in [-0.1, -0.05) is 6.92 Å². The van der Waals surface area contributed by atoms with Gasteiger partial charge in [0.05, 0.1) is 11.8 Å². The summed E-state index contributed by atoms with van der Waals surface area (Å²) in [5, 5.41) is 7.62. The van der Waals surface area contributed by atoms with Crippen molar-refractivity contribution in [3.05, 3.63) is 29.6 Å². The summed E-state index contributed by atoms with van der Waals surface area (Å²) in [6.07, 6.45) is 0.200. The van der Waals surface area contributed by atoms with Gasteiger partial charge in [0.25, 0.3) is 0 Å². The van der Waals surface area contributed by atoms with E-state index in [-0.39, 0.29) is 6.42 Å². The minimum atomic E-state index is -3.74. The lowest BCUT2D eigenvalue weighted by molar-refractivity contribution is 0.592. The molecule has 1 aromatic carbocycles. The second-order valence-electron chi connectivity index (χ2n) is 3.63. The van der Waals surface area contributed by atoms with Crippen molar-refractivity contribution in [1.29, 1.82) is 5.26 Å². The Morgan fingerprint density at radius 3 is 2.65 bits per heavy atom. The lowest BCUT2D eigenvalue weighted by Crippen LogP contribution is -2.26. The maximum absolute atomic E-state index is 12.8. The highest BCUT2D eigenvalue weighted by atomic mass is 32.2. The fourth-order valence-electron chi connectivity index (χ4n) is 1.35. The van der Waals surface area contributed by atoms with E-state index in [0.717, 1.165) is 6.07 Å². The van der Waals surface area contributed by atoms with Crippen LogP contribution in [0.3, 0.4) is 0 Å². The summed E-state index contributed by atoms with van der Waals surface area (Å²) in [4.78, 5) is 0. The topological polar surface area (TPSA) is 70.0 Å². The molecule has 0 fully saturated rings. The lowest BCUT2D eigenvalue weighted by atomic mass is 10.2. The summed E-state index contributed by atoms with van der Waals surface area (Å²) >= 11 is 0. The molecule has 0 aliphatic rings. The van der Waals surface area contributed by atoms with E-state index >= 15 is 0 Å². The van der Waals surface area contributed by atoms with Crippen LogP contribution in [0.15, 0.2) is 18.2 Å². The Kier molecular flexibility index (Phi) is 4.07. The van der Waals surface area contributed by atoms with E-state index in [1.165, 1.54) is 12.1 Å². The van der Waals surface area contributed by atoms with Gasteiger partial charge in [-0.3, -0.25) is 4.72 Å². The molecular weight excluding hydrogens is 243 g/mol. The number of nitrogens with one attached hydrogen (secondary N) is 1. The van der Waals surface area contributed by atoms with E-state index in [2.05, 4.69) is 4.72 Å². The van der Waals surface area contributed by atoms with Crippen molar-refractivity contribution in [3.63, 3.8) is 0 Å². The second-order valence-corrected chi connectivity index (χ2v) is 5.50. The molecule has 1 atom stereocenters.